The van der Waals surface area contributed by atoms with Crippen LogP contribution in [-0.2, 0) is 17.1 Å². The van der Waals surface area contributed by atoms with Crippen molar-refractivity contribution in [2.45, 2.75) is 11.8 Å². The van der Waals surface area contributed by atoms with Crippen molar-refractivity contribution in [2.24, 2.45) is 7.05 Å². The van der Waals surface area contributed by atoms with Crippen LogP contribution < -0.4 is 10.0 Å². The van der Waals surface area contributed by atoms with Crippen molar-refractivity contribution in [1.29, 1.82) is 0 Å². The summed E-state index contributed by atoms with van der Waals surface area (Å²) in [6.45, 7) is 6.90. The highest BCUT2D eigenvalue weighted by Gasteiger charge is 2.23. The molecule has 126 valence electrons. The molecule has 1 aromatic carbocycles. The Morgan fingerprint density at radius 3 is 2.65 bits per heavy atom. The minimum atomic E-state index is -3.51. The number of sulfonamides is 1. The van der Waals surface area contributed by atoms with Crippen LogP contribution >= 0.6 is 0 Å². The highest BCUT2D eigenvalue weighted by Crippen LogP contribution is 2.28. The Morgan fingerprint density at radius 2 is 1.91 bits per heavy atom. The van der Waals surface area contributed by atoms with Gasteiger partial charge < -0.3 is 9.88 Å². The van der Waals surface area contributed by atoms with Gasteiger partial charge in [-0.1, -0.05) is 18.2 Å². The van der Waals surface area contributed by atoms with Crippen molar-refractivity contribution in [1.82, 2.24) is 19.5 Å². The minimum absolute atomic E-state index is 0.399. The highest BCUT2D eigenvalue weighted by atomic mass is 32.2. The van der Waals surface area contributed by atoms with Gasteiger partial charge in [0.1, 0.15) is 4.90 Å². The molecular formula is C16H24N4O2S. The van der Waals surface area contributed by atoms with Gasteiger partial charge in [-0.15, -0.1) is 0 Å². The first-order valence-corrected chi connectivity index (χ1v) is 9.46. The third kappa shape index (κ3) is 3.28. The summed E-state index contributed by atoms with van der Waals surface area (Å²) in [6.07, 6.45) is 0. The Hall–Kier alpha value is -1.41. The lowest BCUT2D eigenvalue weighted by molar-refractivity contribution is 0.245. The molecule has 0 unspecified atom stereocenters. The maximum absolute atomic E-state index is 12.8. The van der Waals surface area contributed by atoms with Gasteiger partial charge in [-0.3, -0.25) is 4.90 Å². The molecular weight excluding hydrogens is 312 g/mol. The number of para-hydroxylation sites is 1. The van der Waals surface area contributed by atoms with Crippen LogP contribution in [0.25, 0.3) is 10.9 Å². The first-order valence-electron chi connectivity index (χ1n) is 7.97. The molecule has 1 aromatic heterocycles. The quantitative estimate of drug-likeness (QED) is 0.842. The molecule has 3 rings (SSSR count). The highest BCUT2D eigenvalue weighted by molar-refractivity contribution is 7.89. The second-order valence-electron chi connectivity index (χ2n) is 5.98. The van der Waals surface area contributed by atoms with Crippen LogP contribution in [0.3, 0.4) is 0 Å². The van der Waals surface area contributed by atoms with Crippen molar-refractivity contribution in [3.05, 3.63) is 30.0 Å². The van der Waals surface area contributed by atoms with Gasteiger partial charge in [-0.25, -0.2) is 13.1 Å². The van der Waals surface area contributed by atoms with E-state index < -0.39 is 10.0 Å². The molecule has 0 amide bonds. The summed E-state index contributed by atoms with van der Waals surface area (Å²) in [5.41, 5.74) is 1.70. The van der Waals surface area contributed by atoms with Gasteiger partial charge in [0.05, 0.1) is 0 Å². The fraction of sp³-hybridized carbons (Fsp3) is 0.500. The van der Waals surface area contributed by atoms with Gasteiger partial charge in [0.25, 0.3) is 0 Å². The fourth-order valence-electron chi connectivity index (χ4n) is 3.17. The fourth-order valence-corrected chi connectivity index (χ4v) is 4.66. The van der Waals surface area contributed by atoms with E-state index in [9.17, 15) is 8.42 Å². The first kappa shape index (κ1) is 16.4. The number of hydrogen-bond donors (Lipinski definition) is 2. The number of nitrogens with zero attached hydrogens (tertiary/aromatic N) is 2. The average Bonchev–Trinajstić information content (AvgIpc) is 2.81. The lowest BCUT2D eigenvalue weighted by Gasteiger charge is -2.27. The van der Waals surface area contributed by atoms with Crippen LogP contribution in [0.15, 0.2) is 29.2 Å². The van der Waals surface area contributed by atoms with E-state index in [1.54, 1.807) is 0 Å². The zero-order chi connectivity index (χ0) is 16.4. The van der Waals surface area contributed by atoms with E-state index >= 15 is 0 Å². The van der Waals surface area contributed by atoms with Crippen LogP contribution in [0.5, 0.6) is 0 Å². The second kappa shape index (κ2) is 6.60. The standard InChI is InChI=1S/C16H24N4O2S/c1-13-16(14-5-3-4-6-15(14)19(13)2)23(21,22)18-9-12-20-10-7-17-8-11-20/h3-6,17-18H,7-12H2,1-2H3. The monoisotopic (exact) mass is 336 g/mol. The number of hydrogen-bond acceptors (Lipinski definition) is 4. The van der Waals surface area contributed by atoms with E-state index in [1.807, 2.05) is 42.8 Å². The van der Waals surface area contributed by atoms with E-state index in [2.05, 4.69) is 14.9 Å². The van der Waals surface area contributed by atoms with Crippen molar-refractivity contribution >= 4 is 20.9 Å². The summed E-state index contributed by atoms with van der Waals surface area (Å²) in [7, 11) is -1.61. The Labute approximate surface area is 137 Å². The number of piperazine rings is 1. The Balaban J connectivity index is 1.78. The van der Waals surface area contributed by atoms with Gasteiger partial charge >= 0.3 is 0 Å². The lowest BCUT2D eigenvalue weighted by Crippen LogP contribution is -2.46. The molecule has 23 heavy (non-hydrogen) atoms. The Morgan fingerprint density at radius 1 is 1.22 bits per heavy atom. The number of fused-ring (bicyclic) bond motifs is 1. The van der Waals surface area contributed by atoms with Crippen LogP contribution in [-0.4, -0.2) is 57.2 Å². The van der Waals surface area contributed by atoms with Crippen molar-refractivity contribution < 1.29 is 8.42 Å². The normalized spacial score (nSPS) is 17.0. The Bertz CT molecular complexity index is 792. The van der Waals surface area contributed by atoms with E-state index in [0.717, 1.165) is 49.3 Å². The van der Waals surface area contributed by atoms with E-state index in [4.69, 9.17) is 0 Å². The SMILES string of the molecule is Cc1c(S(=O)(=O)NCCN2CCNCC2)c2ccccc2n1C. The summed E-state index contributed by atoms with van der Waals surface area (Å²) in [6, 6.07) is 7.62. The van der Waals surface area contributed by atoms with Gasteiger partial charge in [0.2, 0.25) is 10.0 Å². The second-order valence-corrected chi connectivity index (χ2v) is 7.68. The maximum atomic E-state index is 12.8. The predicted octanol–water partition coefficient (Wildman–Crippen LogP) is 0.670. The molecule has 0 bridgehead atoms. The topological polar surface area (TPSA) is 66.4 Å². The molecule has 1 aliphatic rings. The van der Waals surface area contributed by atoms with Crippen molar-refractivity contribution in [3.63, 3.8) is 0 Å². The van der Waals surface area contributed by atoms with Crippen LogP contribution in [0.4, 0.5) is 0 Å². The summed E-state index contributed by atoms with van der Waals surface area (Å²) in [5.74, 6) is 0. The number of aryl methyl sites for hydroxylation is 1. The molecule has 1 aliphatic heterocycles. The summed E-state index contributed by atoms with van der Waals surface area (Å²) in [5, 5.41) is 4.07. The van der Waals surface area contributed by atoms with E-state index in [0.29, 0.717) is 11.4 Å². The average molecular weight is 336 g/mol. The van der Waals surface area contributed by atoms with Crippen molar-refractivity contribution in [3.8, 4) is 0 Å². The molecule has 2 N–H and O–H groups in total. The van der Waals surface area contributed by atoms with Crippen molar-refractivity contribution in [2.75, 3.05) is 39.3 Å². The van der Waals surface area contributed by atoms with Gasteiger partial charge in [-0.05, 0) is 13.0 Å². The smallest absolute Gasteiger partial charge is 0.243 e. The number of aromatic nitrogens is 1. The van der Waals surface area contributed by atoms with Crippen LogP contribution in [0.1, 0.15) is 5.69 Å². The molecule has 2 aromatic rings. The molecule has 0 aliphatic carbocycles. The summed E-state index contributed by atoms with van der Waals surface area (Å²) in [4.78, 5) is 2.67. The first-order chi connectivity index (χ1) is 11.0. The van der Waals surface area contributed by atoms with Gasteiger partial charge in [0.15, 0.2) is 0 Å². The molecule has 1 saturated heterocycles. The van der Waals surface area contributed by atoms with E-state index in [-0.39, 0.29) is 0 Å². The van der Waals surface area contributed by atoms with Gasteiger partial charge in [-0.2, -0.15) is 0 Å². The largest absolute Gasteiger partial charge is 0.347 e. The zero-order valence-corrected chi connectivity index (χ0v) is 14.5. The molecule has 0 spiro atoms. The maximum Gasteiger partial charge on any atom is 0.243 e. The minimum Gasteiger partial charge on any atom is -0.347 e. The Kier molecular flexibility index (Phi) is 4.72. The number of benzene rings is 1. The third-order valence-electron chi connectivity index (χ3n) is 4.54. The molecule has 0 radical (unpaired) electrons. The lowest BCUT2D eigenvalue weighted by atomic mass is 10.2. The van der Waals surface area contributed by atoms with E-state index in [1.165, 1.54) is 0 Å². The summed E-state index contributed by atoms with van der Waals surface area (Å²) >= 11 is 0. The van der Waals surface area contributed by atoms with Gasteiger partial charge in [0, 0.05) is 62.9 Å². The molecule has 6 nitrogen and oxygen atoms in total. The van der Waals surface area contributed by atoms with Crippen LogP contribution in [0, 0.1) is 6.92 Å². The van der Waals surface area contributed by atoms with Crippen LogP contribution in [0.2, 0.25) is 0 Å². The molecule has 2 heterocycles. The third-order valence-corrected chi connectivity index (χ3v) is 6.18. The predicted molar refractivity (Wildman–Crippen MR) is 92.2 cm³/mol. The number of nitrogens with one attached hydrogen (secondary N) is 2. The zero-order valence-electron chi connectivity index (χ0n) is 13.7. The summed E-state index contributed by atoms with van der Waals surface area (Å²) < 4.78 is 30.2. The molecule has 0 atom stereocenters. The molecule has 0 saturated carbocycles. The number of rotatable bonds is 5. The molecule has 1 fully saturated rings. The molecule has 7 heteroatoms.